The van der Waals surface area contributed by atoms with Crippen LogP contribution in [0.3, 0.4) is 0 Å². The zero-order valence-electron chi connectivity index (χ0n) is 13.2. The van der Waals surface area contributed by atoms with Crippen LogP contribution >= 0.6 is 0 Å². The van der Waals surface area contributed by atoms with Crippen molar-refractivity contribution in [3.05, 3.63) is 59.8 Å². The lowest BCUT2D eigenvalue weighted by Crippen LogP contribution is -2.05. The topological polar surface area (TPSA) is 77.6 Å². The predicted octanol–water partition coefficient (Wildman–Crippen LogP) is 3.53. The van der Waals surface area contributed by atoms with Gasteiger partial charge in [0, 0.05) is 17.1 Å². The summed E-state index contributed by atoms with van der Waals surface area (Å²) in [6, 6.07) is 11.8. The summed E-state index contributed by atoms with van der Waals surface area (Å²) < 4.78 is 15.4. The Hall–Kier alpha value is -3.28. The van der Waals surface area contributed by atoms with E-state index in [9.17, 15) is 9.59 Å². The number of benzene rings is 2. The summed E-state index contributed by atoms with van der Waals surface area (Å²) in [5, 5.41) is 0.698. The molecular formula is C18H15NO5. The van der Waals surface area contributed by atoms with Gasteiger partial charge in [-0.25, -0.2) is 9.59 Å². The van der Waals surface area contributed by atoms with E-state index in [4.69, 9.17) is 14.2 Å². The van der Waals surface area contributed by atoms with Crippen LogP contribution < -0.4 is 4.74 Å². The SMILES string of the molecule is COC(=O)c1cccc(Oc2ccc3[nH]ccc3c2C(=O)OC)c1. The number of ether oxygens (including phenoxy) is 3. The van der Waals surface area contributed by atoms with Gasteiger partial charge in [-0.05, 0) is 36.4 Å². The van der Waals surface area contributed by atoms with Crippen molar-refractivity contribution in [3.8, 4) is 11.5 Å². The molecule has 24 heavy (non-hydrogen) atoms. The van der Waals surface area contributed by atoms with Crippen molar-refractivity contribution < 1.29 is 23.8 Å². The lowest BCUT2D eigenvalue weighted by Gasteiger charge is -2.11. The summed E-state index contributed by atoms with van der Waals surface area (Å²) in [4.78, 5) is 26.8. The Morgan fingerprint density at radius 1 is 0.958 bits per heavy atom. The molecule has 0 amide bonds. The second kappa shape index (κ2) is 6.45. The Balaban J connectivity index is 2.04. The van der Waals surface area contributed by atoms with Crippen molar-refractivity contribution in [2.45, 2.75) is 0 Å². The zero-order chi connectivity index (χ0) is 17.1. The molecule has 0 saturated heterocycles. The van der Waals surface area contributed by atoms with Crippen LogP contribution in [0.2, 0.25) is 0 Å². The molecule has 0 bridgehead atoms. The van der Waals surface area contributed by atoms with E-state index in [0.29, 0.717) is 28.0 Å². The van der Waals surface area contributed by atoms with Crippen LogP contribution in [0.5, 0.6) is 11.5 Å². The maximum atomic E-state index is 12.2. The highest BCUT2D eigenvalue weighted by Crippen LogP contribution is 2.32. The van der Waals surface area contributed by atoms with E-state index >= 15 is 0 Å². The van der Waals surface area contributed by atoms with E-state index in [2.05, 4.69) is 4.98 Å². The van der Waals surface area contributed by atoms with E-state index < -0.39 is 11.9 Å². The number of hydrogen-bond acceptors (Lipinski definition) is 5. The van der Waals surface area contributed by atoms with E-state index in [1.165, 1.54) is 14.2 Å². The minimum atomic E-state index is -0.501. The van der Waals surface area contributed by atoms with Gasteiger partial charge in [-0.2, -0.15) is 0 Å². The molecule has 1 aromatic heterocycles. The molecule has 0 spiro atoms. The number of carbonyl (C=O) groups excluding carboxylic acids is 2. The number of nitrogens with one attached hydrogen (secondary N) is 1. The Bertz CT molecular complexity index is 913. The van der Waals surface area contributed by atoms with Crippen LogP contribution in [0.4, 0.5) is 0 Å². The number of hydrogen-bond donors (Lipinski definition) is 1. The van der Waals surface area contributed by atoms with Gasteiger partial charge < -0.3 is 19.2 Å². The number of esters is 2. The maximum absolute atomic E-state index is 12.2. The van der Waals surface area contributed by atoms with Gasteiger partial charge in [0.05, 0.1) is 19.8 Å². The summed E-state index contributed by atoms with van der Waals surface area (Å²) in [5.41, 5.74) is 1.48. The van der Waals surface area contributed by atoms with Crippen molar-refractivity contribution in [2.75, 3.05) is 14.2 Å². The summed E-state index contributed by atoms with van der Waals surface area (Å²) in [5.74, 6) is -0.206. The van der Waals surface area contributed by atoms with Crippen LogP contribution in [-0.2, 0) is 9.47 Å². The minimum Gasteiger partial charge on any atom is -0.465 e. The molecular weight excluding hydrogens is 310 g/mol. The summed E-state index contributed by atoms with van der Waals surface area (Å²) in [7, 11) is 2.63. The monoisotopic (exact) mass is 325 g/mol. The number of carbonyl (C=O) groups is 2. The smallest absolute Gasteiger partial charge is 0.342 e. The third-order valence-corrected chi connectivity index (χ3v) is 3.57. The highest BCUT2D eigenvalue weighted by Gasteiger charge is 2.19. The average Bonchev–Trinajstić information content (AvgIpc) is 3.09. The summed E-state index contributed by atoms with van der Waals surface area (Å²) >= 11 is 0. The van der Waals surface area contributed by atoms with E-state index in [1.807, 2.05) is 0 Å². The molecule has 0 unspecified atom stereocenters. The van der Waals surface area contributed by atoms with Crippen LogP contribution in [0.1, 0.15) is 20.7 Å². The van der Waals surface area contributed by atoms with Crippen molar-refractivity contribution in [1.82, 2.24) is 4.98 Å². The van der Waals surface area contributed by atoms with Gasteiger partial charge in [0.15, 0.2) is 0 Å². The fraction of sp³-hybridized carbons (Fsp3) is 0.111. The van der Waals surface area contributed by atoms with Crippen molar-refractivity contribution >= 4 is 22.8 Å². The highest BCUT2D eigenvalue weighted by molar-refractivity contribution is 6.06. The Kier molecular flexibility index (Phi) is 4.20. The van der Waals surface area contributed by atoms with Crippen LogP contribution in [-0.4, -0.2) is 31.1 Å². The third-order valence-electron chi connectivity index (χ3n) is 3.57. The van der Waals surface area contributed by atoms with Gasteiger partial charge >= 0.3 is 11.9 Å². The average molecular weight is 325 g/mol. The van der Waals surface area contributed by atoms with Gasteiger partial charge in [-0.3, -0.25) is 0 Å². The molecule has 0 atom stereocenters. The number of methoxy groups -OCH3 is 2. The first kappa shape index (κ1) is 15.6. The molecule has 0 saturated carbocycles. The highest BCUT2D eigenvalue weighted by atomic mass is 16.5. The molecule has 3 rings (SSSR count). The van der Waals surface area contributed by atoms with Crippen molar-refractivity contribution in [3.63, 3.8) is 0 Å². The van der Waals surface area contributed by atoms with Gasteiger partial charge in [0.1, 0.15) is 17.1 Å². The van der Waals surface area contributed by atoms with Gasteiger partial charge in [-0.1, -0.05) is 6.07 Å². The number of H-pyrrole nitrogens is 1. The first-order chi connectivity index (χ1) is 11.6. The van der Waals surface area contributed by atoms with Crippen LogP contribution in [0, 0.1) is 0 Å². The Labute approximate surface area is 138 Å². The largest absolute Gasteiger partial charge is 0.465 e. The van der Waals surface area contributed by atoms with Gasteiger partial charge in [-0.15, -0.1) is 0 Å². The summed E-state index contributed by atoms with van der Waals surface area (Å²) in [6.45, 7) is 0. The molecule has 6 nitrogen and oxygen atoms in total. The third kappa shape index (κ3) is 2.81. The molecule has 0 aliphatic carbocycles. The molecule has 0 radical (unpaired) electrons. The Morgan fingerprint density at radius 2 is 1.75 bits per heavy atom. The van der Waals surface area contributed by atoms with E-state index in [-0.39, 0.29) is 0 Å². The standard InChI is InChI=1S/C18H15NO5/c1-22-17(20)11-4-3-5-12(10-11)24-15-7-6-14-13(8-9-19-14)16(15)18(21)23-2/h3-10,19H,1-2H3. The number of aromatic nitrogens is 1. The molecule has 0 aliphatic heterocycles. The first-order valence-corrected chi connectivity index (χ1v) is 7.18. The number of rotatable bonds is 4. The summed E-state index contributed by atoms with van der Waals surface area (Å²) in [6.07, 6.45) is 1.73. The molecule has 122 valence electrons. The maximum Gasteiger partial charge on any atom is 0.342 e. The van der Waals surface area contributed by atoms with Crippen molar-refractivity contribution in [2.24, 2.45) is 0 Å². The van der Waals surface area contributed by atoms with Crippen LogP contribution in [0.15, 0.2) is 48.7 Å². The predicted molar refractivity (Wildman–Crippen MR) is 87.5 cm³/mol. The van der Waals surface area contributed by atoms with Crippen molar-refractivity contribution in [1.29, 1.82) is 0 Å². The van der Waals surface area contributed by atoms with Gasteiger partial charge in [0.25, 0.3) is 0 Å². The normalized spacial score (nSPS) is 10.4. The molecule has 0 fully saturated rings. The number of aromatic amines is 1. The van der Waals surface area contributed by atoms with E-state index in [1.54, 1.807) is 48.7 Å². The Morgan fingerprint density at radius 3 is 2.50 bits per heavy atom. The van der Waals surface area contributed by atoms with E-state index in [0.717, 1.165) is 5.52 Å². The first-order valence-electron chi connectivity index (χ1n) is 7.18. The number of fused-ring (bicyclic) bond motifs is 1. The molecule has 6 heteroatoms. The quantitative estimate of drug-likeness (QED) is 0.742. The second-order valence-corrected chi connectivity index (χ2v) is 4.99. The molecule has 3 aromatic rings. The molecule has 1 heterocycles. The molecule has 0 aliphatic rings. The molecule has 1 N–H and O–H groups in total. The fourth-order valence-electron chi connectivity index (χ4n) is 2.44. The lowest BCUT2D eigenvalue weighted by molar-refractivity contribution is 0.0590. The minimum absolute atomic E-state index is 0.319. The second-order valence-electron chi connectivity index (χ2n) is 4.99. The lowest BCUT2D eigenvalue weighted by atomic mass is 10.1. The van der Waals surface area contributed by atoms with Gasteiger partial charge in [0.2, 0.25) is 0 Å². The zero-order valence-corrected chi connectivity index (χ0v) is 13.2. The molecule has 2 aromatic carbocycles. The van der Waals surface area contributed by atoms with Crippen LogP contribution in [0.25, 0.3) is 10.9 Å². The fourth-order valence-corrected chi connectivity index (χ4v) is 2.44.